The van der Waals surface area contributed by atoms with E-state index in [1.807, 2.05) is 19.1 Å². The molecule has 0 bridgehead atoms. The van der Waals surface area contributed by atoms with Gasteiger partial charge in [0.25, 0.3) is 11.8 Å². The minimum Gasteiger partial charge on any atom is -0.357 e. The zero-order chi connectivity index (χ0) is 23.3. The minimum atomic E-state index is -0.623. The van der Waals surface area contributed by atoms with Gasteiger partial charge in [0.1, 0.15) is 6.04 Å². The number of benzene rings is 2. The van der Waals surface area contributed by atoms with E-state index in [2.05, 4.69) is 5.32 Å². The van der Waals surface area contributed by atoms with Crippen molar-refractivity contribution in [1.82, 2.24) is 15.1 Å². The van der Waals surface area contributed by atoms with Gasteiger partial charge in [-0.25, -0.2) is 0 Å². The van der Waals surface area contributed by atoms with Gasteiger partial charge in [-0.1, -0.05) is 42.8 Å². The monoisotopic (exact) mass is 455 g/mol. The van der Waals surface area contributed by atoms with E-state index in [0.29, 0.717) is 29.0 Å². The first kappa shape index (κ1) is 23.5. The van der Waals surface area contributed by atoms with Gasteiger partial charge in [0.2, 0.25) is 11.8 Å². The normalized spacial score (nSPS) is 13.7. The van der Waals surface area contributed by atoms with Crippen LogP contribution in [0.5, 0.6) is 0 Å². The molecule has 7 nitrogen and oxygen atoms in total. The summed E-state index contributed by atoms with van der Waals surface area (Å²) in [5, 5.41) is 3.21. The number of likely N-dealkylation sites (N-methyl/N-ethyl adjacent to an activating group) is 1. The van der Waals surface area contributed by atoms with E-state index in [9.17, 15) is 19.2 Å². The van der Waals surface area contributed by atoms with Crippen LogP contribution in [-0.2, 0) is 16.1 Å². The molecule has 1 aliphatic heterocycles. The number of amides is 4. The molecule has 0 spiro atoms. The number of hydrogen-bond acceptors (Lipinski definition) is 4. The molecule has 3 rings (SSSR count). The Bertz CT molecular complexity index is 987. The highest BCUT2D eigenvalue weighted by Crippen LogP contribution is 2.23. The average molecular weight is 456 g/mol. The third kappa shape index (κ3) is 4.99. The van der Waals surface area contributed by atoms with Crippen molar-refractivity contribution in [2.75, 3.05) is 13.6 Å². The second-order valence-corrected chi connectivity index (χ2v) is 8.03. The molecule has 0 saturated carbocycles. The van der Waals surface area contributed by atoms with Crippen LogP contribution in [0, 0.1) is 0 Å². The van der Waals surface area contributed by atoms with Gasteiger partial charge in [-0.2, -0.15) is 0 Å². The highest BCUT2D eigenvalue weighted by atomic mass is 35.5. The van der Waals surface area contributed by atoms with Gasteiger partial charge in [0.15, 0.2) is 0 Å². The number of hydrogen-bond donors (Lipinski definition) is 1. The number of halogens is 1. The summed E-state index contributed by atoms with van der Waals surface area (Å²) < 4.78 is 0. The standard InChI is InChI=1S/C24H26ClN3O4/c1-3-20(22(30)26-2)28(15-16-10-12-17(25)13-11-16)21(29)9-6-14-27-23(31)18-7-4-5-8-19(18)24(27)32/h4-5,7-8,10-13,20H,3,6,9,14-15H2,1-2H3,(H,26,30). The molecule has 2 aromatic carbocycles. The molecule has 8 heteroatoms. The Hall–Kier alpha value is -3.19. The van der Waals surface area contributed by atoms with Crippen molar-refractivity contribution in [3.63, 3.8) is 0 Å². The van der Waals surface area contributed by atoms with Crippen molar-refractivity contribution >= 4 is 35.2 Å². The van der Waals surface area contributed by atoms with Crippen molar-refractivity contribution in [2.24, 2.45) is 0 Å². The third-order valence-corrected chi connectivity index (χ3v) is 5.80. The summed E-state index contributed by atoms with van der Waals surface area (Å²) in [5.41, 5.74) is 1.63. The number of carbonyl (C=O) groups excluding carboxylic acids is 4. The Morgan fingerprint density at radius 1 is 1.03 bits per heavy atom. The number of rotatable bonds is 9. The van der Waals surface area contributed by atoms with Gasteiger partial charge in [-0.15, -0.1) is 0 Å². The molecule has 32 heavy (non-hydrogen) atoms. The van der Waals surface area contributed by atoms with Gasteiger partial charge in [-0.05, 0) is 42.7 Å². The lowest BCUT2D eigenvalue weighted by Gasteiger charge is -2.30. The highest BCUT2D eigenvalue weighted by Gasteiger charge is 2.35. The molecule has 0 aliphatic carbocycles. The van der Waals surface area contributed by atoms with Crippen molar-refractivity contribution in [1.29, 1.82) is 0 Å². The molecule has 0 saturated heterocycles. The van der Waals surface area contributed by atoms with Crippen LogP contribution in [0.15, 0.2) is 48.5 Å². The Kier molecular flexibility index (Phi) is 7.64. The zero-order valence-electron chi connectivity index (χ0n) is 18.1. The maximum Gasteiger partial charge on any atom is 0.261 e. The Balaban J connectivity index is 1.68. The Labute approximate surface area is 192 Å². The molecule has 1 unspecified atom stereocenters. The summed E-state index contributed by atoms with van der Waals surface area (Å²) >= 11 is 5.96. The van der Waals surface area contributed by atoms with Crippen molar-refractivity contribution in [3.8, 4) is 0 Å². The first-order valence-electron chi connectivity index (χ1n) is 10.6. The summed E-state index contributed by atoms with van der Waals surface area (Å²) in [7, 11) is 1.54. The minimum absolute atomic E-state index is 0.106. The van der Waals surface area contributed by atoms with E-state index in [0.717, 1.165) is 5.56 Å². The summed E-state index contributed by atoms with van der Waals surface area (Å²) in [5.74, 6) is -1.14. The second kappa shape index (κ2) is 10.4. The second-order valence-electron chi connectivity index (χ2n) is 7.60. The molecule has 168 valence electrons. The van der Waals surface area contributed by atoms with E-state index in [4.69, 9.17) is 11.6 Å². The smallest absolute Gasteiger partial charge is 0.261 e. The van der Waals surface area contributed by atoms with Crippen LogP contribution in [0.25, 0.3) is 0 Å². The molecule has 0 aromatic heterocycles. The summed E-state index contributed by atoms with van der Waals surface area (Å²) in [6, 6.07) is 13.2. The molecule has 0 radical (unpaired) electrons. The van der Waals surface area contributed by atoms with E-state index >= 15 is 0 Å². The lowest BCUT2D eigenvalue weighted by Crippen LogP contribution is -2.48. The molecule has 1 aliphatic rings. The highest BCUT2D eigenvalue weighted by molar-refractivity contribution is 6.30. The molecule has 2 aromatic rings. The zero-order valence-corrected chi connectivity index (χ0v) is 18.9. The van der Waals surface area contributed by atoms with E-state index in [1.165, 1.54) is 11.9 Å². The van der Waals surface area contributed by atoms with Gasteiger partial charge >= 0.3 is 0 Å². The fourth-order valence-electron chi connectivity index (χ4n) is 3.85. The van der Waals surface area contributed by atoms with E-state index < -0.39 is 6.04 Å². The largest absolute Gasteiger partial charge is 0.357 e. The molecular weight excluding hydrogens is 430 g/mol. The lowest BCUT2D eigenvalue weighted by atomic mass is 10.1. The quantitative estimate of drug-likeness (QED) is 0.588. The average Bonchev–Trinajstić information content (AvgIpc) is 3.05. The van der Waals surface area contributed by atoms with Gasteiger partial charge in [0.05, 0.1) is 11.1 Å². The fourth-order valence-corrected chi connectivity index (χ4v) is 3.97. The summed E-state index contributed by atoms with van der Waals surface area (Å²) in [6.07, 6.45) is 0.873. The number of carbonyl (C=O) groups is 4. The maximum atomic E-state index is 13.1. The predicted octanol–water partition coefficient (Wildman–Crippen LogP) is 3.27. The Morgan fingerprint density at radius 3 is 2.16 bits per heavy atom. The van der Waals surface area contributed by atoms with Crippen LogP contribution in [0.3, 0.4) is 0 Å². The number of imide groups is 1. The lowest BCUT2D eigenvalue weighted by molar-refractivity contribution is -0.141. The van der Waals surface area contributed by atoms with Crippen molar-refractivity contribution in [3.05, 3.63) is 70.2 Å². The fraction of sp³-hybridized carbons (Fsp3) is 0.333. The van der Waals surface area contributed by atoms with Crippen LogP contribution in [0.4, 0.5) is 0 Å². The number of fused-ring (bicyclic) bond motifs is 1. The van der Waals surface area contributed by atoms with Gasteiger partial charge in [0, 0.05) is 31.6 Å². The van der Waals surface area contributed by atoms with Crippen LogP contribution in [-0.4, -0.2) is 53.1 Å². The Morgan fingerprint density at radius 2 is 1.62 bits per heavy atom. The molecule has 1 N–H and O–H groups in total. The van der Waals surface area contributed by atoms with Crippen LogP contribution < -0.4 is 5.32 Å². The molecule has 1 atom stereocenters. The summed E-state index contributed by atoms with van der Waals surface area (Å²) in [4.78, 5) is 53.3. The first-order valence-corrected chi connectivity index (χ1v) is 11.0. The van der Waals surface area contributed by atoms with Crippen molar-refractivity contribution < 1.29 is 19.2 Å². The van der Waals surface area contributed by atoms with Crippen LogP contribution >= 0.6 is 11.6 Å². The van der Waals surface area contributed by atoms with Crippen molar-refractivity contribution in [2.45, 2.75) is 38.8 Å². The van der Waals surface area contributed by atoms with Crippen LogP contribution in [0.2, 0.25) is 5.02 Å². The van der Waals surface area contributed by atoms with Gasteiger partial charge in [-0.3, -0.25) is 24.1 Å². The van der Waals surface area contributed by atoms with Crippen LogP contribution in [0.1, 0.15) is 52.5 Å². The van der Waals surface area contributed by atoms with E-state index in [-0.39, 0.29) is 43.1 Å². The molecule has 0 fully saturated rings. The van der Waals surface area contributed by atoms with Gasteiger partial charge < -0.3 is 10.2 Å². The molecular formula is C24H26ClN3O4. The molecule has 4 amide bonds. The van der Waals surface area contributed by atoms with E-state index in [1.54, 1.807) is 41.3 Å². The number of nitrogens with zero attached hydrogens (tertiary/aromatic N) is 2. The predicted molar refractivity (Wildman–Crippen MR) is 121 cm³/mol. The first-order chi connectivity index (χ1) is 15.4. The maximum absolute atomic E-state index is 13.1. The molecule has 1 heterocycles. The third-order valence-electron chi connectivity index (χ3n) is 5.55. The summed E-state index contributed by atoms with van der Waals surface area (Å²) in [6.45, 7) is 2.25. The SMILES string of the molecule is CCC(C(=O)NC)N(Cc1ccc(Cl)cc1)C(=O)CCCN1C(=O)c2ccccc2C1=O. The number of nitrogens with one attached hydrogen (secondary N) is 1. The topological polar surface area (TPSA) is 86.8 Å².